The van der Waals surface area contributed by atoms with Crippen molar-refractivity contribution in [2.45, 2.75) is 45.4 Å². The third kappa shape index (κ3) is 3.52. The zero-order chi connectivity index (χ0) is 17.1. The van der Waals surface area contributed by atoms with Gasteiger partial charge >= 0.3 is 5.69 Å². The van der Waals surface area contributed by atoms with Gasteiger partial charge in [0.05, 0.1) is 4.92 Å². The van der Waals surface area contributed by atoms with Gasteiger partial charge in [0.15, 0.2) is 0 Å². The van der Waals surface area contributed by atoms with Gasteiger partial charge in [0.1, 0.15) is 0 Å². The number of hydrogen-bond donors (Lipinski definition) is 1. The SMILES string of the molecule is CC1CCCN(c2nc(N3CCCCCC3)nc(N)c2[N+](=O)[O-])C1. The normalized spacial score (nSPS) is 22.3. The molecule has 2 aliphatic heterocycles. The predicted octanol–water partition coefficient (Wildman–Crippen LogP) is 2.58. The number of nitrogens with two attached hydrogens (primary N) is 1. The smallest absolute Gasteiger partial charge is 0.353 e. The number of hydrogen-bond acceptors (Lipinski definition) is 7. The van der Waals surface area contributed by atoms with Crippen molar-refractivity contribution < 1.29 is 4.92 Å². The highest BCUT2D eigenvalue weighted by Crippen LogP contribution is 2.35. The molecule has 0 aromatic carbocycles. The first-order chi connectivity index (χ1) is 11.6. The summed E-state index contributed by atoms with van der Waals surface area (Å²) >= 11 is 0. The Morgan fingerprint density at radius 3 is 2.38 bits per heavy atom. The molecule has 2 fully saturated rings. The fourth-order valence-electron chi connectivity index (χ4n) is 3.64. The molecule has 2 saturated heterocycles. The topological polar surface area (TPSA) is 101 Å². The van der Waals surface area contributed by atoms with E-state index in [4.69, 9.17) is 5.73 Å². The Kier molecular flexibility index (Phi) is 5.01. The average molecular weight is 334 g/mol. The van der Waals surface area contributed by atoms with Gasteiger partial charge in [0, 0.05) is 26.2 Å². The summed E-state index contributed by atoms with van der Waals surface area (Å²) in [5.41, 5.74) is 5.81. The van der Waals surface area contributed by atoms with Gasteiger partial charge in [-0.25, -0.2) is 0 Å². The van der Waals surface area contributed by atoms with Crippen LogP contribution in [0.5, 0.6) is 0 Å². The van der Waals surface area contributed by atoms with Gasteiger partial charge in [0.25, 0.3) is 0 Å². The van der Waals surface area contributed by atoms with Crippen molar-refractivity contribution in [2.24, 2.45) is 5.92 Å². The second-order valence-corrected chi connectivity index (χ2v) is 6.93. The third-order valence-corrected chi connectivity index (χ3v) is 4.91. The maximum absolute atomic E-state index is 11.5. The monoisotopic (exact) mass is 334 g/mol. The second kappa shape index (κ2) is 7.19. The van der Waals surface area contributed by atoms with Gasteiger partial charge in [-0.3, -0.25) is 10.1 Å². The highest BCUT2D eigenvalue weighted by Gasteiger charge is 2.30. The van der Waals surface area contributed by atoms with Gasteiger partial charge in [-0.05, 0) is 31.6 Å². The number of anilines is 3. The van der Waals surface area contributed by atoms with E-state index in [1.807, 2.05) is 4.90 Å². The Hall–Kier alpha value is -2.12. The molecule has 3 rings (SSSR count). The lowest BCUT2D eigenvalue weighted by Crippen LogP contribution is -2.36. The third-order valence-electron chi connectivity index (χ3n) is 4.91. The number of nitrogen functional groups attached to an aromatic ring is 1. The first-order valence-corrected chi connectivity index (χ1v) is 8.88. The molecule has 0 bridgehead atoms. The fraction of sp³-hybridized carbons (Fsp3) is 0.750. The highest BCUT2D eigenvalue weighted by atomic mass is 16.6. The van der Waals surface area contributed by atoms with Crippen molar-refractivity contribution in [3.63, 3.8) is 0 Å². The van der Waals surface area contributed by atoms with E-state index in [9.17, 15) is 10.1 Å². The van der Waals surface area contributed by atoms with Crippen molar-refractivity contribution in [2.75, 3.05) is 41.7 Å². The first-order valence-electron chi connectivity index (χ1n) is 8.88. The van der Waals surface area contributed by atoms with Crippen LogP contribution in [0.4, 0.5) is 23.3 Å². The van der Waals surface area contributed by atoms with Gasteiger partial charge in [-0.2, -0.15) is 9.97 Å². The Labute approximate surface area is 142 Å². The highest BCUT2D eigenvalue weighted by molar-refractivity contribution is 5.71. The summed E-state index contributed by atoms with van der Waals surface area (Å²) < 4.78 is 0. The zero-order valence-corrected chi connectivity index (χ0v) is 14.3. The molecule has 8 heteroatoms. The minimum Gasteiger partial charge on any atom is -0.378 e. The number of nitrogens with zero attached hydrogens (tertiary/aromatic N) is 5. The maximum Gasteiger partial charge on any atom is 0.353 e. The molecule has 3 heterocycles. The van der Waals surface area contributed by atoms with E-state index >= 15 is 0 Å². The molecule has 1 aromatic rings. The van der Waals surface area contributed by atoms with E-state index in [0.29, 0.717) is 17.7 Å². The van der Waals surface area contributed by atoms with Crippen LogP contribution in [0, 0.1) is 16.0 Å². The summed E-state index contributed by atoms with van der Waals surface area (Å²) in [6.07, 6.45) is 6.75. The summed E-state index contributed by atoms with van der Waals surface area (Å²) in [7, 11) is 0. The summed E-state index contributed by atoms with van der Waals surface area (Å²) in [6, 6.07) is 0. The number of rotatable bonds is 3. The Morgan fingerprint density at radius 2 is 1.75 bits per heavy atom. The largest absolute Gasteiger partial charge is 0.378 e. The predicted molar refractivity (Wildman–Crippen MR) is 94.4 cm³/mol. The Balaban J connectivity index is 1.98. The molecule has 132 valence electrons. The van der Waals surface area contributed by atoms with Crippen molar-refractivity contribution >= 4 is 23.3 Å². The van der Waals surface area contributed by atoms with Crippen molar-refractivity contribution in [3.8, 4) is 0 Å². The van der Waals surface area contributed by atoms with Crippen LogP contribution in [-0.2, 0) is 0 Å². The molecule has 2 N–H and O–H groups in total. The van der Waals surface area contributed by atoms with Crippen LogP contribution in [0.2, 0.25) is 0 Å². The molecule has 0 amide bonds. The number of piperidine rings is 1. The molecule has 1 atom stereocenters. The Bertz CT molecular complexity index is 600. The summed E-state index contributed by atoms with van der Waals surface area (Å²) in [6.45, 7) is 5.48. The molecule has 1 unspecified atom stereocenters. The lowest BCUT2D eigenvalue weighted by atomic mass is 10.0. The fourth-order valence-corrected chi connectivity index (χ4v) is 3.64. The minimum atomic E-state index is -0.448. The van der Waals surface area contributed by atoms with Crippen LogP contribution in [-0.4, -0.2) is 41.1 Å². The number of aromatic nitrogens is 2. The van der Waals surface area contributed by atoms with Gasteiger partial charge in [-0.1, -0.05) is 19.8 Å². The lowest BCUT2D eigenvalue weighted by molar-refractivity contribution is -0.383. The molecular weight excluding hydrogens is 308 g/mol. The first kappa shape index (κ1) is 16.7. The molecule has 0 saturated carbocycles. The molecular formula is C16H26N6O2. The molecule has 0 radical (unpaired) electrons. The van der Waals surface area contributed by atoms with Crippen LogP contribution in [0.15, 0.2) is 0 Å². The van der Waals surface area contributed by atoms with Crippen molar-refractivity contribution in [3.05, 3.63) is 10.1 Å². The zero-order valence-electron chi connectivity index (χ0n) is 14.3. The number of nitro groups is 1. The van der Waals surface area contributed by atoms with Gasteiger partial charge in [-0.15, -0.1) is 0 Å². The van der Waals surface area contributed by atoms with Crippen LogP contribution in [0.1, 0.15) is 45.4 Å². The standard InChI is InChI=1S/C16H26N6O2/c1-12-7-6-10-21(11-12)15-13(22(23)24)14(17)18-16(19-15)20-8-4-2-3-5-9-20/h12H,2-11H2,1H3,(H2,17,18,19). The summed E-state index contributed by atoms with van der Waals surface area (Å²) in [5, 5.41) is 11.5. The van der Waals surface area contributed by atoms with E-state index in [2.05, 4.69) is 21.8 Å². The van der Waals surface area contributed by atoms with Crippen LogP contribution in [0.3, 0.4) is 0 Å². The molecule has 24 heavy (non-hydrogen) atoms. The van der Waals surface area contributed by atoms with Crippen molar-refractivity contribution in [1.29, 1.82) is 0 Å². The van der Waals surface area contributed by atoms with E-state index in [-0.39, 0.29) is 11.5 Å². The summed E-state index contributed by atoms with van der Waals surface area (Å²) in [5.74, 6) is 1.39. The second-order valence-electron chi connectivity index (χ2n) is 6.93. The molecule has 1 aromatic heterocycles. The van der Waals surface area contributed by atoms with Crippen LogP contribution >= 0.6 is 0 Å². The Morgan fingerprint density at radius 1 is 1.08 bits per heavy atom. The molecule has 8 nitrogen and oxygen atoms in total. The van der Waals surface area contributed by atoms with Gasteiger partial charge in [0.2, 0.25) is 17.6 Å². The van der Waals surface area contributed by atoms with Crippen LogP contribution < -0.4 is 15.5 Å². The molecule has 0 spiro atoms. The summed E-state index contributed by atoms with van der Waals surface area (Å²) in [4.78, 5) is 24.0. The van der Waals surface area contributed by atoms with E-state index in [1.165, 1.54) is 12.8 Å². The average Bonchev–Trinajstić information content (AvgIpc) is 2.83. The quantitative estimate of drug-likeness (QED) is 0.669. The maximum atomic E-state index is 11.5. The van der Waals surface area contributed by atoms with E-state index in [1.54, 1.807) is 0 Å². The molecule has 0 aliphatic carbocycles. The minimum absolute atomic E-state index is 0.0255. The molecule has 2 aliphatic rings. The van der Waals surface area contributed by atoms with Crippen molar-refractivity contribution in [1.82, 2.24) is 9.97 Å². The van der Waals surface area contributed by atoms with E-state index < -0.39 is 4.92 Å². The van der Waals surface area contributed by atoms with Gasteiger partial charge < -0.3 is 15.5 Å². The van der Waals surface area contributed by atoms with Crippen LogP contribution in [0.25, 0.3) is 0 Å². The lowest BCUT2D eigenvalue weighted by Gasteiger charge is -2.32. The van der Waals surface area contributed by atoms with E-state index in [0.717, 1.165) is 51.9 Å².